The number of nitrogens with zero attached hydrogens (tertiary/aromatic N) is 1. The minimum absolute atomic E-state index is 0.00712. The van der Waals surface area contributed by atoms with Crippen LogP contribution in [0, 0.1) is 0 Å². The molecular weight excluding hydrogens is 250 g/mol. The van der Waals surface area contributed by atoms with Crippen LogP contribution in [0.25, 0.3) is 0 Å². The van der Waals surface area contributed by atoms with Crippen molar-refractivity contribution >= 4 is 23.1 Å². The summed E-state index contributed by atoms with van der Waals surface area (Å²) in [5, 5.41) is -0.417. The third-order valence-electron chi connectivity index (χ3n) is 3.17. The molecule has 1 saturated heterocycles. The number of carbonyl (C=O) groups excluding carboxylic acids is 1. The SMILES string of the molecule is CCC(Cl)C(=O)c1ccc(N2CCOCC2)cc1. The Morgan fingerprint density at radius 1 is 1.33 bits per heavy atom. The molecule has 1 aromatic carbocycles. The van der Waals surface area contributed by atoms with Crippen LogP contribution < -0.4 is 4.90 Å². The maximum Gasteiger partial charge on any atom is 0.180 e. The van der Waals surface area contributed by atoms with Gasteiger partial charge < -0.3 is 9.64 Å². The van der Waals surface area contributed by atoms with Gasteiger partial charge in [0.15, 0.2) is 5.78 Å². The Hall–Kier alpha value is -1.06. The van der Waals surface area contributed by atoms with Gasteiger partial charge in [0.05, 0.1) is 18.6 Å². The second kappa shape index (κ2) is 6.21. The first-order chi connectivity index (χ1) is 8.72. The lowest BCUT2D eigenvalue weighted by atomic mass is 10.1. The summed E-state index contributed by atoms with van der Waals surface area (Å²) in [7, 11) is 0. The van der Waals surface area contributed by atoms with Crippen LogP contribution in [-0.4, -0.2) is 37.5 Å². The minimum atomic E-state index is -0.417. The van der Waals surface area contributed by atoms with E-state index in [-0.39, 0.29) is 5.78 Å². The number of anilines is 1. The smallest absolute Gasteiger partial charge is 0.180 e. The Bertz CT molecular complexity index is 399. The molecule has 2 rings (SSSR count). The molecule has 0 amide bonds. The van der Waals surface area contributed by atoms with E-state index in [0.29, 0.717) is 12.0 Å². The first-order valence-corrected chi connectivity index (χ1v) is 6.77. The fraction of sp³-hybridized carbons (Fsp3) is 0.500. The van der Waals surface area contributed by atoms with Gasteiger partial charge in [0, 0.05) is 24.3 Å². The maximum absolute atomic E-state index is 11.9. The lowest BCUT2D eigenvalue weighted by Gasteiger charge is -2.28. The van der Waals surface area contributed by atoms with Crippen molar-refractivity contribution in [3.05, 3.63) is 29.8 Å². The van der Waals surface area contributed by atoms with E-state index in [0.717, 1.165) is 32.0 Å². The van der Waals surface area contributed by atoms with Crippen molar-refractivity contribution in [2.45, 2.75) is 18.7 Å². The summed E-state index contributed by atoms with van der Waals surface area (Å²) in [5.74, 6) is 0.00712. The molecule has 0 aromatic heterocycles. The number of alkyl halides is 1. The van der Waals surface area contributed by atoms with Crippen molar-refractivity contribution in [1.82, 2.24) is 0 Å². The maximum atomic E-state index is 11.9. The Morgan fingerprint density at radius 2 is 1.94 bits per heavy atom. The molecule has 1 fully saturated rings. The number of ketones is 1. The molecule has 1 atom stereocenters. The molecule has 0 saturated carbocycles. The number of ether oxygens (including phenoxy) is 1. The van der Waals surface area contributed by atoms with E-state index in [1.165, 1.54) is 0 Å². The molecule has 3 nitrogen and oxygen atoms in total. The average molecular weight is 268 g/mol. The lowest BCUT2D eigenvalue weighted by Crippen LogP contribution is -2.36. The van der Waals surface area contributed by atoms with Gasteiger partial charge in [-0.2, -0.15) is 0 Å². The van der Waals surface area contributed by atoms with E-state index in [9.17, 15) is 4.79 Å². The fourth-order valence-corrected chi connectivity index (χ4v) is 2.15. The Kier molecular flexibility index (Phi) is 4.61. The number of benzene rings is 1. The van der Waals surface area contributed by atoms with Gasteiger partial charge in [-0.25, -0.2) is 0 Å². The van der Waals surface area contributed by atoms with Gasteiger partial charge in [-0.05, 0) is 30.7 Å². The topological polar surface area (TPSA) is 29.5 Å². The van der Waals surface area contributed by atoms with Gasteiger partial charge in [-0.15, -0.1) is 11.6 Å². The highest BCUT2D eigenvalue weighted by molar-refractivity contribution is 6.33. The summed E-state index contributed by atoms with van der Waals surface area (Å²) < 4.78 is 5.32. The van der Waals surface area contributed by atoms with Crippen LogP contribution in [-0.2, 0) is 4.74 Å². The summed E-state index contributed by atoms with van der Waals surface area (Å²) in [6.45, 7) is 5.25. The summed E-state index contributed by atoms with van der Waals surface area (Å²) >= 11 is 5.96. The van der Waals surface area contributed by atoms with Crippen molar-refractivity contribution in [1.29, 1.82) is 0 Å². The Balaban J connectivity index is 2.07. The first-order valence-electron chi connectivity index (χ1n) is 6.33. The molecule has 1 aromatic rings. The van der Waals surface area contributed by atoms with Crippen LogP contribution in [0.1, 0.15) is 23.7 Å². The number of carbonyl (C=O) groups is 1. The molecule has 1 aliphatic heterocycles. The predicted molar refractivity (Wildman–Crippen MR) is 73.7 cm³/mol. The molecule has 98 valence electrons. The third kappa shape index (κ3) is 3.03. The fourth-order valence-electron chi connectivity index (χ4n) is 2.02. The zero-order chi connectivity index (χ0) is 13.0. The number of halogens is 1. The highest BCUT2D eigenvalue weighted by Crippen LogP contribution is 2.19. The Labute approximate surface area is 113 Å². The predicted octanol–water partition coefficient (Wildman–Crippen LogP) is 2.72. The van der Waals surface area contributed by atoms with Crippen LogP contribution in [0.2, 0.25) is 0 Å². The molecule has 0 aliphatic carbocycles. The highest BCUT2D eigenvalue weighted by Gasteiger charge is 2.16. The number of morpholine rings is 1. The van der Waals surface area contributed by atoms with E-state index >= 15 is 0 Å². The second-order valence-corrected chi connectivity index (χ2v) is 4.91. The van der Waals surface area contributed by atoms with Crippen LogP contribution in [0.3, 0.4) is 0 Å². The quantitative estimate of drug-likeness (QED) is 0.621. The number of rotatable bonds is 4. The summed E-state index contributed by atoms with van der Waals surface area (Å²) in [6.07, 6.45) is 0.658. The molecule has 18 heavy (non-hydrogen) atoms. The molecule has 4 heteroatoms. The van der Waals surface area contributed by atoms with Crippen LogP contribution >= 0.6 is 11.6 Å². The van der Waals surface area contributed by atoms with E-state index in [2.05, 4.69) is 4.90 Å². The van der Waals surface area contributed by atoms with Gasteiger partial charge >= 0.3 is 0 Å². The summed E-state index contributed by atoms with van der Waals surface area (Å²) in [5.41, 5.74) is 1.83. The van der Waals surface area contributed by atoms with Crippen LogP contribution in [0.15, 0.2) is 24.3 Å². The highest BCUT2D eigenvalue weighted by atomic mass is 35.5. The largest absolute Gasteiger partial charge is 0.378 e. The third-order valence-corrected chi connectivity index (χ3v) is 3.68. The summed E-state index contributed by atoms with van der Waals surface area (Å²) in [6, 6.07) is 7.69. The zero-order valence-corrected chi connectivity index (χ0v) is 11.3. The van der Waals surface area contributed by atoms with Gasteiger partial charge in [-0.1, -0.05) is 6.92 Å². The molecule has 0 radical (unpaired) electrons. The van der Waals surface area contributed by atoms with E-state index in [1.54, 1.807) is 0 Å². The lowest BCUT2D eigenvalue weighted by molar-refractivity contribution is 0.0985. The molecule has 0 bridgehead atoms. The van der Waals surface area contributed by atoms with Gasteiger partial charge in [0.1, 0.15) is 0 Å². The monoisotopic (exact) mass is 267 g/mol. The number of Topliss-reactive ketones (excluding diaryl/α,β-unsaturated/α-hetero) is 1. The van der Waals surface area contributed by atoms with Crippen molar-refractivity contribution in [2.24, 2.45) is 0 Å². The minimum Gasteiger partial charge on any atom is -0.378 e. The van der Waals surface area contributed by atoms with Crippen molar-refractivity contribution in [2.75, 3.05) is 31.2 Å². The van der Waals surface area contributed by atoms with Gasteiger partial charge in [-0.3, -0.25) is 4.79 Å². The molecule has 1 unspecified atom stereocenters. The summed E-state index contributed by atoms with van der Waals surface area (Å²) in [4.78, 5) is 14.2. The van der Waals surface area contributed by atoms with E-state index in [4.69, 9.17) is 16.3 Å². The van der Waals surface area contributed by atoms with Crippen molar-refractivity contribution in [3.8, 4) is 0 Å². The molecular formula is C14H18ClNO2. The normalized spacial score (nSPS) is 17.6. The van der Waals surface area contributed by atoms with E-state index in [1.807, 2.05) is 31.2 Å². The second-order valence-electron chi connectivity index (χ2n) is 4.39. The van der Waals surface area contributed by atoms with Crippen LogP contribution in [0.5, 0.6) is 0 Å². The Morgan fingerprint density at radius 3 is 2.50 bits per heavy atom. The van der Waals surface area contributed by atoms with Crippen molar-refractivity contribution < 1.29 is 9.53 Å². The standard InChI is InChI=1S/C14H18ClNO2/c1-2-13(15)14(17)11-3-5-12(6-4-11)16-7-9-18-10-8-16/h3-6,13H,2,7-10H2,1H3. The molecule has 0 N–H and O–H groups in total. The first kappa shape index (κ1) is 13.4. The van der Waals surface area contributed by atoms with Gasteiger partial charge in [0.2, 0.25) is 0 Å². The number of hydrogen-bond acceptors (Lipinski definition) is 3. The van der Waals surface area contributed by atoms with Crippen molar-refractivity contribution in [3.63, 3.8) is 0 Å². The molecule has 0 spiro atoms. The van der Waals surface area contributed by atoms with Gasteiger partial charge in [0.25, 0.3) is 0 Å². The number of hydrogen-bond donors (Lipinski definition) is 0. The van der Waals surface area contributed by atoms with E-state index < -0.39 is 5.38 Å². The van der Waals surface area contributed by atoms with Crippen LogP contribution in [0.4, 0.5) is 5.69 Å². The average Bonchev–Trinajstić information content (AvgIpc) is 2.47. The molecule has 1 heterocycles. The molecule has 1 aliphatic rings. The zero-order valence-electron chi connectivity index (χ0n) is 10.6.